The van der Waals surface area contributed by atoms with Gasteiger partial charge in [0.2, 0.25) is 10.0 Å². The van der Waals surface area contributed by atoms with Crippen LogP contribution in [-0.4, -0.2) is 63.3 Å². The van der Waals surface area contributed by atoms with Gasteiger partial charge >= 0.3 is 5.97 Å². The van der Waals surface area contributed by atoms with Gasteiger partial charge in [-0.2, -0.15) is 4.31 Å². The molecule has 1 aromatic carbocycles. The molecule has 0 aliphatic carbocycles. The topological polar surface area (TPSA) is 122 Å². The van der Waals surface area contributed by atoms with E-state index in [1.165, 1.54) is 34.6 Å². The number of ether oxygens (including phenoxy) is 1. The van der Waals surface area contributed by atoms with E-state index in [4.69, 9.17) is 4.74 Å². The van der Waals surface area contributed by atoms with E-state index in [-0.39, 0.29) is 17.0 Å². The number of nitrogens with one attached hydrogen (secondary N) is 2. The van der Waals surface area contributed by atoms with Crippen molar-refractivity contribution in [3.8, 4) is 0 Å². The first kappa shape index (κ1) is 23.3. The summed E-state index contributed by atoms with van der Waals surface area (Å²) < 4.78 is 30.8. The van der Waals surface area contributed by atoms with Gasteiger partial charge in [-0.15, -0.1) is 6.58 Å². The molecule has 0 radical (unpaired) electrons. The molecule has 154 valence electrons. The number of benzene rings is 1. The first-order valence-corrected chi connectivity index (χ1v) is 10.1. The molecule has 1 rings (SSSR count). The summed E-state index contributed by atoms with van der Waals surface area (Å²) in [4.78, 5) is 35.0. The first-order valence-electron chi connectivity index (χ1n) is 8.67. The van der Waals surface area contributed by atoms with E-state index in [0.29, 0.717) is 13.1 Å². The predicted molar refractivity (Wildman–Crippen MR) is 103 cm³/mol. The minimum absolute atomic E-state index is 0.0812. The van der Waals surface area contributed by atoms with Gasteiger partial charge in [0, 0.05) is 25.2 Å². The molecule has 0 saturated heterocycles. The van der Waals surface area contributed by atoms with Crippen molar-refractivity contribution in [2.45, 2.75) is 18.7 Å². The van der Waals surface area contributed by atoms with Crippen molar-refractivity contribution < 1.29 is 27.5 Å². The second kappa shape index (κ2) is 11.2. The van der Waals surface area contributed by atoms with E-state index in [2.05, 4.69) is 17.2 Å². The van der Waals surface area contributed by atoms with Crippen molar-refractivity contribution in [3.63, 3.8) is 0 Å². The second-order valence-corrected chi connectivity index (χ2v) is 7.49. The zero-order valence-corrected chi connectivity index (χ0v) is 16.8. The lowest BCUT2D eigenvalue weighted by atomic mass is 10.2. The molecule has 0 bridgehead atoms. The fraction of sp³-hybridized carbons (Fsp3) is 0.389. The van der Waals surface area contributed by atoms with Gasteiger partial charge in [0.05, 0.1) is 4.90 Å². The van der Waals surface area contributed by atoms with E-state index in [1.54, 1.807) is 13.8 Å². The number of sulfonamides is 1. The Hall–Kier alpha value is -2.72. The number of carbonyl (C=O) groups is 3. The molecule has 28 heavy (non-hydrogen) atoms. The third kappa shape index (κ3) is 6.78. The molecule has 0 aliphatic heterocycles. The first-order chi connectivity index (χ1) is 13.3. The fourth-order valence-corrected chi connectivity index (χ4v) is 3.64. The van der Waals surface area contributed by atoms with E-state index in [9.17, 15) is 22.8 Å². The Bertz CT molecular complexity index is 801. The standard InChI is InChI=1S/C18H25N3O6S/c1-4-11-19-16(22)13-27-17(23)12-20-18(24)14-7-9-15(10-8-14)28(25,26)21(5-2)6-3/h4,7-10H,1,5-6,11-13H2,2-3H3,(H,19,22)(H,20,24). The second-order valence-electron chi connectivity index (χ2n) is 5.55. The molecule has 0 saturated carbocycles. The van der Waals surface area contributed by atoms with E-state index < -0.39 is 41.0 Å². The highest BCUT2D eigenvalue weighted by Crippen LogP contribution is 2.16. The highest BCUT2D eigenvalue weighted by molar-refractivity contribution is 7.89. The summed E-state index contributed by atoms with van der Waals surface area (Å²) in [6.45, 7) is 6.98. The molecule has 1 aromatic rings. The Morgan fingerprint density at radius 3 is 2.25 bits per heavy atom. The molecule has 0 spiro atoms. The van der Waals surface area contributed by atoms with Gasteiger partial charge in [-0.1, -0.05) is 19.9 Å². The van der Waals surface area contributed by atoms with Gasteiger partial charge in [0.25, 0.3) is 11.8 Å². The summed E-state index contributed by atoms with van der Waals surface area (Å²) in [5.41, 5.74) is 0.190. The van der Waals surface area contributed by atoms with Crippen LogP contribution in [0.4, 0.5) is 0 Å². The number of hydrogen-bond acceptors (Lipinski definition) is 6. The zero-order chi connectivity index (χ0) is 21.2. The number of nitrogens with zero attached hydrogens (tertiary/aromatic N) is 1. The Balaban J connectivity index is 2.58. The van der Waals surface area contributed by atoms with Crippen molar-refractivity contribution >= 4 is 27.8 Å². The average Bonchev–Trinajstić information content (AvgIpc) is 2.69. The molecule has 0 fully saturated rings. The van der Waals surface area contributed by atoms with Crippen LogP contribution < -0.4 is 10.6 Å². The maximum Gasteiger partial charge on any atom is 0.325 e. The third-order valence-electron chi connectivity index (χ3n) is 3.66. The molecule has 0 aliphatic rings. The van der Waals surface area contributed by atoms with Crippen LogP contribution in [0.3, 0.4) is 0 Å². The van der Waals surface area contributed by atoms with Crippen molar-refractivity contribution in [3.05, 3.63) is 42.5 Å². The van der Waals surface area contributed by atoms with E-state index in [0.717, 1.165) is 0 Å². The molecule has 0 aromatic heterocycles. The number of esters is 1. The van der Waals surface area contributed by atoms with E-state index >= 15 is 0 Å². The number of amides is 2. The zero-order valence-electron chi connectivity index (χ0n) is 15.9. The lowest BCUT2D eigenvalue weighted by molar-refractivity contribution is -0.147. The van der Waals surface area contributed by atoms with Crippen LogP contribution in [-0.2, 0) is 24.3 Å². The van der Waals surface area contributed by atoms with Gasteiger partial charge in [-0.3, -0.25) is 14.4 Å². The summed E-state index contributed by atoms with van der Waals surface area (Å²) in [6.07, 6.45) is 1.48. The van der Waals surface area contributed by atoms with Crippen LogP contribution in [0.25, 0.3) is 0 Å². The lowest BCUT2D eigenvalue weighted by Gasteiger charge is -2.18. The lowest BCUT2D eigenvalue weighted by Crippen LogP contribution is -2.34. The molecule has 2 amide bonds. The van der Waals surface area contributed by atoms with Gasteiger partial charge in [-0.05, 0) is 24.3 Å². The van der Waals surface area contributed by atoms with Crippen LogP contribution in [0.1, 0.15) is 24.2 Å². The van der Waals surface area contributed by atoms with Crippen molar-refractivity contribution in [2.24, 2.45) is 0 Å². The van der Waals surface area contributed by atoms with Crippen molar-refractivity contribution in [1.29, 1.82) is 0 Å². The SMILES string of the molecule is C=CCNC(=O)COC(=O)CNC(=O)c1ccc(S(=O)(=O)N(CC)CC)cc1. The predicted octanol–water partition coefficient (Wildman–Crippen LogP) is 0.292. The van der Waals surface area contributed by atoms with Gasteiger partial charge in [0.1, 0.15) is 6.54 Å². The molecular formula is C18H25N3O6S. The monoisotopic (exact) mass is 411 g/mol. The van der Waals surface area contributed by atoms with Crippen LogP contribution in [0, 0.1) is 0 Å². The summed E-state index contributed by atoms with van der Waals surface area (Å²) in [5.74, 6) is -1.83. The summed E-state index contributed by atoms with van der Waals surface area (Å²) >= 11 is 0. The Kier molecular flexibility index (Phi) is 9.33. The van der Waals surface area contributed by atoms with Gasteiger partial charge in [0.15, 0.2) is 6.61 Å². The minimum atomic E-state index is -3.61. The highest BCUT2D eigenvalue weighted by atomic mass is 32.2. The largest absolute Gasteiger partial charge is 0.454 e. The quantitative estimate of drug-likeness (QED) is 0.399. The summed E-state index contributed by atoms with van der Waals surface area (Å²) in [6, 6.07) is 5.40. The summed E-state index contributed by atoms with van der Waals surface area (Å²) in [7, 11) is -3.61. The third-order valence-corrected chi connectivity index (χ3v) is 5.72. The van der Waals surface area contributed by atoms with Crippen LogP contribution >= 0.6 is 0 Å². The normalized spacial score (nSPS) is 11.0. The number of rotatable bonds is 11. The molecular weight excluding hydrogens is 386 g/mol. The smallest absolute Gasteiger partial charge is 0.325 e. The van der Waals surface area contributed by atoms with Gasteiger partial charge < -0.3 is 15.4 Å². The molecule has 0 atom stereocenters. The van der Waals surface area contributed by atoms with Crippen LogP contribution in [0.5, 0.6) is 0 Å². The Morgan fingerprint density at radius 2 is 1.71 bits per heavy atom. The maximum absolute atomic E-state index is 12.4. The fourth-order valence-electron chi connectivity index (χ4n) is 2.18. The van der Waals surface area contributed by atoms with Crippen molar-refractivity contribution in [2.75, 3.05) is 32.8 Å². The molecule has 0 unspecified atom stereocenters. The Morgan fingerprint density at radius 1 is 1.11 bits per heavy atom. The summed E-state index contributed by atoms with van der Waals surface area (Å²) in [5, 5.41) is 4.79. The number of carbonyl (C=O) groups excluding carboxylic acids is 3. The molecule has 10 heteroatoms. The van der Waals surface area contributed by atoms with Crippen LogP contribution in [0.2, 0.25) is 0 Å². The molecule has 9 nitrogen and oxygen atoms in total. The van der Waals surface area contributed by atoms with E-state index in [1.807, 2.05) is 0 Å². The Labute approximate surface area is 164 Å². The highest BCUT2D eigenvalue weighted by Gasteiger charge is 2.21. The molecule has 2 N–H and O–H groups in total. The minimum Gasteiger partial charge on any atom is -0.454 e. The number of hydrogen-bond donors (Lipinski definition) is 2. The maximum atomic E-state index is 12.4. The van der Waals surface area contributed by atoms with Gasteiger partial charge in [-0.25, -0.2) is 8.42 Å². The molecule has 0 heterocycles. The van der Waals surface area contributed by atoms with Crippen molar-refractivity contribution in [1.82, 2.24) is 14.9 Å². The van der Waals surface area contributed by atoms with Crippen LogP contribution in [0.15, 0.2) is 41.8 Å². The average molecular weight is 411 g/mol.